The van der Waals surface area contributed by atoms with Crippen molar-refractivity contribution in [3.63, 3.8) is 0 Å². The minimum Gasteiger partial charge on any atom is -0.460 e. The van der Waals surface area contributed by atoms with Crippen molar-refractivity contribution in [2.24, 2.45) is 16.8 Å². The lowest BCUT2D eigenvalue weighted by Crippen LogP contribution is -2.29. The number of hydrogen-bond donors (Lipinski definition) is 2. The van der Waals surface area contributed by atoms with Crippen LogP contribution in [0.15, 0.2) is 16.8 Å². The molecule has 12 heteroatoms. The van der Waals surface area contributed by atoms with E-state index < -0.39 is 24.7 Å². The number of thiazole rings is 1. The number of carbonyl (C=O) groups is 1. The summed E-state index contributed by atoms with van der Waals surface area (Å²) >= 11 is 1.22. The van der Waals surface area contributed by atoms with Crippen LogP contribution in [0.5, 0.6) is 5.19 Å². The predicted molar refractivity (Wildman–Crippen MR) is 132 cm³/mol. The van der Waals surface area contributed by atoms with Gasteiger partial charge in [-0.1, -0.05) is 11.3 Å². The molecule has 1 aromatic rings. The number of ether oxygens (including phenoxy) is 1. The summed E-state index contributed by atoms with van der Waals surface area (Å²) in [5.74, 6) is -0.741. The van der Waals surface area contributed by atoms with Crippen LogP contribution in [0.4, 0.5) is 17.6 Å². The normalized spacial score (nSPS) is 21.8. The zero-order valence-corrected chi connectivity index (χ0v) is 21.2. The van der Waals surface area contributed by atoms with Crippen LogP contribution >= 0.6 is 11.3 Å². The van der Waals surface area contributed by atoms with Crippen molar-refractivity contribution in [2.45, 2.75) is 57.5 Å². The maximum absolute atomic E-state index is 13.1. The Morgan fingerprint density at radius 3 is 2.67 bits per heavy atom. The van der Waals surface area contributed by atoms with Gasteiger partial charge in [0.15, 0.2) is 6.61 Å². The molecular weight excluding hydrogens is 498 g/mol. The molecule has 0 spiro atoms. The number of aromatic nitrogens is 1. The minimum atomic E-state index is -4.36. The molecule has 200 valence electrons. The summed E-state index contributed by atoms with van der Waals surface area (Å²) in [5.41, 5.74) is 0.837. The number of rotatable bonds is 10. The van der Waals surface area contributed by atoms with E-state index in [0.717, 1.165) is 68.7 Å². The monoisotopic (exact) mass is 531 g/mol. The second kappa shape index (κ2) is 13.3. The first-order valence-electron chi connectivity index (χ1n) is 12.2. The SMILES string of the molecule is CN/C=C(/CC(=O)/N=C/C1CCC(CCN2CCc3nc(OCC(F)(F)F)sc3CC2)CC1)C(=N)F. The van der Waals surface area contributed by atoms with Crippen molar-refractivity contribution in [3.8, 4) is 5.19 Å². The van der Waals surface area contributed by atoms with Gasteiger partial charge in [0, 0.05) is 49.4 Å². The highest BCUT2D eigenvalue weighted by Gasteiger charge is 2.30. The first-order chi connectivity index (χ1) is 17.1. The summed E-state index contributed by atoms with van der Waals surface area (Å²) in [6, 6.07) is 0. The first kappa shape index (κ1) is 28.2. The standard InChI is InChI=1S/C24H33F4N5O2S/c1-30-14-18(22(25)29)12-21(34)31-13-17-4-2-16(3-5-17)6-9-33-10-7-19-20(8-11-33)36-23(32-19)35-15-24(26,27)28/h13-14,16-17,29-30H,2-12,15H2,1H3/b18-14-,29-22?,31-13+. The third-order valence-electron chi connectivity index (χ3n) is 6.55. The van der Waals surface area contributed by atoms with Gasteiger partial charge < -0.3 is 15.0 Å². The second-order valence-electron chi connectivity index (χ2n) is 9.29. The highest BCUT2D eigenvalue weighted by atomic mass is 32.1. The molecule has 2 aliphatic rings. The maximum Gasteiger partial charge on any atom is 0.422 e. The van der Waals surface area contributed by atoms with Crippen LogP contribution in [0.25, 0.3) is 0 Å². The molecule has 1 aliphatic heterocycles. The van der Waals surface area contributed by atoms with Gasteiger partial charge in [-0.05, 0) is 56.9 Å². The van der Waals surface area contributed by atoms with Crippen LogP contribution in [-0.4, -0.2) is 67.4 Å². The van der Waals surface area contributed by atoms with E-state index in [1.54, 1.807) is 13.3 Å². The molecule has 1 saturated carbocycles. The predicted octanol–water partition coefficient (Wildman–Crippen LogP) is 4.72. The van der Waals surface area contributed by atoms with Gasteiger partial charge in [-0.15, -0.1) is 0 Å². The van der Waals surface area contributed by atoms with Crippen LogP contribution in [0, 0.1) is 17.2 Å². The van der Waals surface area contributed by atoms with Crippen molar-refractivity contribution < 1.29 is 27.1 Å². The van der Waals surface area contributed by atoms with E-state index in [0.29, 0.717) is 12.3 Å². The molecule has 1 aliphatic carbocycles. The molecule has 0 aromatic carbocycles. The van der Waals surface area contributed by atoms with E-state index in [2.05, 4.69) is 20.2 Å². The number of carbonyl (C=O) groups excluding carboxylic acids is 1. The Hall–Kier alpha value is -2.34. The summed E-state index contributed by atoms with van der Waals surface area (Å²) < 4.78 is 55.0. The number of nitrogens with zero attached hydrogens (tertiary/aromatic N) is 3. The molecule has 7 nitrogen and oxygen atoms in total. The fourth-order valence-electron chi connectivity index (χ4n) is 4.57. The topological polar surface area (TPSA) is 90.7 Å². The zero-order valence-electron chi connectivity index (χ0n) is 20.4. The van der Waals surface area contributed by atoms with Crippen LogP contribution in [-0.2, 0) is 17.6 Å². The lowest BCUT2D eigenvalue weighted by Gasteiger charge is -2.28. The average molecular weight is 532 g/mol. The summed E-state index contributed by atoms with van der Waals surface area (Å²) in [6.07, 6.45) is 5.00. The summed E-state index contributed by atoms with van der Waals surface area (Å²) in [4.78, 5) is 23.7. The lowest BCUT2D eigenvalue weighted by molar-refractivity contribution is -0.153. The van der Waals surface area contributed by atoms with Crippen molar-refractivity contribution >= 4 is 29.4 Å². The Bertz CT molecular complexity index is 929. The molecule has 36 heavy (non-hydrogen) atoms. The number of amides is 1. The quantitative estimate of drug-likeness (QED) is 0.337. The summed E-state index contributed by atoms with van der Waals surface area (Å²) in [7, 11) is 1.58. The largest absolute Gasteiger partial charge is 0.460 e. The van der Waals surface area contributed by atoms with Crippen LogP contribution in [0.3, 0.4) is 0 Å². The number of aliphatic imine (C=N–C) groups is 1. The summed E-state index contributed by atoms with van der Waals surface area (Å²) in [5, 5.41) is 9.80. The second-order valence-corrected chi connectivity index (χ2v) is 10.3. The molecule has 2 heterocycles. The molecule has 0 atom stereocenters. The number of hydrogen-bond acceptors (Lipinski definition) is 7. The Balaban J connectivity index is 1.35. The van der Waals surface area contributed by atoms with E-state index >= 15 is 0 Å². The smallest absolute Gasteiger partial charge is 0.422 e. The molecule has 0 bridgehead atoms. The van der Waals surface area contributed by atoms with E-state index in [9.17, 15) is 22.4 Å². The molecule has 2 N–H and O–H groups in total. The van der Waals surface area contributed by atoms with Crippen LogP contribution in [0.2, 0.25) is 0 Å². The van der Waals surface area contributed by atoms with Gasteiger partial charge >= 0.3 is 6.18 Å². The third-order valence-corrected chi connectivity index (χ3v) is 7.62. The molecule has 1 fully saturated rings. The van der Waals surface area contributed by atoms with Gasteiger partial charge in [0.2, 0.25) is 11.9 Å². The Labute approximate surface area is 212 Å². The Morgan fingerprint density at radius 1 is 1.28 bits per heavy atom. The van der Waals surface area contributed by atoms with Crippen molar-refractivity contribution in [2.75, 3.05) is 33.3 Å². The molecule has 1 aromatic heterocycles. The maximum atomic E-state index is 13.1. The van der Waals surface area contributed by atoms with Gasteiger partial charge in [-0.2, -0.15) is 17.6 Å². The van der Waals surface area contributed by atoms with Gasteiger partial charge in [-0.3, -0.25) is 10.2 Å². The Morgan fingerprint density at radius 2 is 2.00 bits per heavy atom. The van der Waals surface area contributed by atoms with Crippen LogP contribution < -0.4 is 10.1 Å². The Kier molecular flexibility index (Phi) is 10.4. The number of halogens is 4. The highest BCUT2D eigenvalue weighted by molar-refractivity contribution is 7.13. The van der Waals surface area contributed by atoms with Gasteiger partial charge in [-0.25, -0.2) is 9.98 Å². The van der Waals surface area contributed by atoms with E-state index in [4.69, 9.17) is 10.1 Å². The number of alkyl halides is 3. The van der Waals surface area contributed by atoms with Crippen molar-refractivity contribution in [3.05, 3.63) is 22.3 Å². The van der Waals surface area contributed by atoms with E-state index in [1.807, 2.05) is 0 Å². The third kappa shape index (κ3) is 9.27. The van der Waals surface area contributed by atoms with Crippen LogP contribution in [0.1, 0.15) is 49.1 Å². The fraction of sp³-hybridized carbons (Fsp3) is 0.667. The highest BCUT2D eigenvalue weighted by Crippen LogP contribution is 2.32. The first-order valence-corrected chi connectivity index (χ1v) is 13.0. The zero-order chi connectivity index (χ0) is 26.1. The molecule has 0 unspecified atom stereocenters. The fourth-order valence-corrected chi connectivity index (χ4v) is 5.51. The van der Waals surface area contributed by atoms with Gasteiger partial charge in [0.25, 0.3) is 5.19 Å². The van der Waals surface area contributed by atoms with Crippen molar-refractivity contribution in [1.82, 2.24) is 15.2 Å². The number of fused-ring (bicyclic) bond motifs is 1. The lowest BCUT2D eigenvalue weighted by atomic mass is 9.81. The minimum absolute atomic E-state index is 0.0158. The van der Waals surface area contributed by atoms with Gasteiger partial charge in [0.05, 0.1) is 12.1 Å². The number of nitrogens with one attached hydrogen (secondary N) is 2. The summed E-state index contributed by atoms with van der Waals surface area (Å²) in [6.45, 7) is 1.36. The van der Waals surface area contributed by atoms with E-state index in [-0.39, 0.29) is 23.1 Å². The molecule has 1 amide bonds. The van der Waals surface area contributed by atoms with Crippen molar-refractivity contribution in [1.29, 1.82) is 5.41 Å². The molecule has 0 saturated heterocycles. The van der Waals surface area contributed by atoms with E-state index in [1.165, 1.54) is 17.5 Å². The molecular formula is C24H33F4N5O2S. The average Bonchev–Trinajstić information content (AvgIpc) is 3.13. The molecule has 0 radical (unpaired) electrons. The molecule has 3 rings (SSSR count). The van der Waals surface area contributed by atoms with Gasteiger partial charge in [0.1, 0.15) is 0 Å².